The highest BCUT2D eigenvalue weighted by molar-refractivity contribution is 7.45. The van der Waals surface area contributed by atoms with Crippen molar-refractivity contribution >= 4 is 19.7 Å². The van der Waals surface area contributed by atoms with Gasteiger partial charge in [-0.25, -0.2) is 0 Å². The second kappa shape index (κ2) is 53.9. The van der Waals surface area contributed by atoms with E-state index in [1.54, 1.807) is 0 Å². The highest BCUT2D eigenvalue weighted by Gasteiger charge is 2.27. The zero-order chi connectivity index (χ0) is 53.6. The van der Waals surface area contributed by atoms with Crippen LogP contribution in [0.3, 0.4) is 0 Å². The Kier molecular flexibility index (Phi) is 52.8. The summed E-state index contributed by atoms with van der Waals surface area (Å²) in [6.45, 7) is 6.88. The molecule has 0 aliphatic heterocycles. The third-order valence-electron chi connectivity index (χ3n) is 14.4. The van der Waals surface area contributed by atoms with E-state index in [4.69, 9.17) is 13.8 Å². The predicted octanol–water partition coefficient (Wildman–Crippen LogP) is 18.7. The molecule has 3 atom stereocenters. The zero-order valence-corrected chi connectivity index (χ0v) is 50.3. The smallest absolute Gasteiger partial charge is 0.306 e. The molecule has 432 valence electrons. The van der Waals surface area contributed by atoms with Gasteiger partial charge in [0.25, 0.3) is 7.82 Å². The second-order valence-corrected chi connectivity index (χ2v) is 24.3. The second-order valence-electron chi connectivity index (χ2n) is 22.9. The van der Waals surface area contributed by atoms with Crippen LogP contribution in [0.4, 0.5) is 0 Å². The molecule has 0 heterocycles. The van der Waals surface area contributed by atoms with Crippen molar-refractivity contribution in [2.45, 2.75) is 328 Å². The predicted molar refractivity (Wildman–Crippen MR) is 312 cm³/mol. The highest BCUT2D eigenvalue weighted by atomic mass is 31.2. The quantitative estimate of drug-likeness (QED) is 0.0212. The number of quaternary nitrogens is 1. The summed E-state index contributed by atoms with van der Waals surface area (Å²) in [5.41, 5.74) is 0. The summed E-state index contributed by atoms with van der Waals surface area (Å²) >= 11 is 0. The van der Waals surface area contributed by atoms with Gasteiger partial charge >= 0.3 is 5.97 Å². The van der Waals surface area contributed by atoms with E-state index in [-0.39, 0.29) is 31.5 Å². The number of phosphoric acid groups is 1. The van der Waals surface area contributed by atoms with Gasteiger partial charge in [0.15, 0.2) is 0 Å². The molecule has 0 aliphatic carbocycles. The average Bonchev–Trinajstić information content (AvgIpc) is 3.35. The number of carbonyl (C=O) groups excluding carboxylic acids is 2. The summed E-state index contributed by atoms with van der Waals surface area (Å²) in [4.78, 5) is 40.0. The van der Waals surface area contributed by atoms with Crippen LogP contribution in [-0.4, -0.2) is 69.4 Å². The van der Waals surface area contributed by atoms with Gasteiger partial charge in [0.2, 0.25) is 5.91 Å². The molecular weight excluding hydrogens is 928 g/mol. The number of nitrogens with one attached hydrogen (secondary N) is 1. The average molecular weight is 1050 g/mol. The highest BCUT2D eigenvalue weighted by Crippen LogP contribution is 2.38. The van der Waals surface area contributed by atoms with Gasteiger partial charge in [-0.05, 0) is 57.4 Å². The summed E-state index contributed by atoms with van der Waals surface area (Å²) in [7, 11) is 1.20. The zero-order valence-electron chi connectivity index (χ0n) is 49.4. The fourth-order valence-electron chi connectivity index (χ4n) is 9.46. The van der Waals surface area contributed by atoms with Crippen molar-refractivity contribution in [2.75, 3.05) is 40.9 Å². The fraction of sp³-hybridized carbons (Fsp3) is 0.905. The van der Waals surface area contributed by atoms with E-state index in [1.165, 1.54) is 225 Å². The number of rotatable bonds is 58. The van der Waals surface area contributed by atoms with E-state index in [9.17, 15) is 19.0 Å². The van der Waals surface area contributed by atoms with Crippen LogP contribution in [0.2, 0.25) is 0 Å². The molecule has 0 saturated carbocycles. The molecule has 0 aliphatic rings. The van der Waals surface area contributed by atoms with Crippen molar-refractivity contribution in [1.82, 2.24) is 5.32 Å². The molecule has 0 aromatic carbocycles. The van der Waals surface area contributed by atoms with Crippen LogP contribution in [0.1, 0.15) is 316 Å². The molecule has 9 nitrogen and oxygen atoms in total. The minimum atomic E-state index is -4.69. The number of esters is 1. The van der Waals surface area contributed by atoms with E-state index in [1.807, 2.05) is 33.3 Å². The Hall–Kier alpha value is -1.51. The number of carbonyl (C=O) groups is 2. The van der Waals surface area contributed by atoms with Crippen molar-refractivity contribution in [1.29, 1.82) is 0 Å². The molecule has 0 saturated heterocycles. The van der Waals surface area contributed by atoms with E-state index in [2.05, 4.69) is 38.2 Å². The normalized spacial score (nSPS) is 13.8. The third kappa shape index (κ3) is 55.1. The molecular formula is C63H123N2O7P. The Morgan fingerprint density at radius 3 is 1.16 bits per heavy atom. The van der Waals surface area contributed by atoms with Gasteiger partial charge in [0.05, 0.1) is 33.8 Å². The number of amides is 1. The first-order valence-electron chi connectivity index (χ1n) is 31.6. The molecule has 0 rings (SSSR count). The van der Waals surface area contributed by atoms with E-state index in [0.717, 1.165) is 57.8 Å². The Labute approximate surface area is 454 Å². The van der Waals surface area contributed by atoms with Crippen LogP contribution in [0.5, 0.6) is 0 Å². The lowest BCUT2D eigenvalue weighted by molar-refractivity contribution is -0.870. The SMILES string of the molecule is CCCCCCCC/C=C/CCCCCCCCCCCC(=O)OC(/C=C/CCCCCCCCCCC)C(COP(=O)([O-])OCC[N+](C)(C)C)NC(=O)CCCCCCCCCCCCCCCCCCC. The summed E-state index contributed by atoms with van der Waals surface area (Å²) < 4.78 is 30.3. The summed E-state index contributed by atoms with van der Waals surface area (Å²) in [6.07, 6.45) is 62.8. The maximum atomic E-state index is 13.5. The Bertz CT molecular complexity index is 1300. The molecule has 3 unspecified atom stereocenters. The first-order chi connectivity index (χ1) is 35.4. The van der Waals surface area contributed by atoms with Crippen molar-refractivity contribution in [3.8, 4) is 0 Å². The first kappa shape index (κ1) is 71.5. The van der Waals surface area contributed by atoms with E-state index < -0.39 is 20.0 Å². The lowest BCUT2D eigenvalue weighted by atomic mass is 10.0. The number of nitrogens with zero attached hydrogens (tertiary/aromatic N) is 1. The van der Waals surface area contributed by atoms with Crippen LogP contribution in [-0.2, 0) is 27.9 Å². The molecule has 0 aromatic rings. The number of likely N-dealkylation sites (N-methyl/N-ethyl adjacent to an activating group) is 1. The molecule has 10 heteroatoms. The summed E-state index contributed by atoms with van der Waals surface area (Å²) in [5.74, 6) is -0.527. The van der Waals surface area contributed by atoms with Crippen LogP contribution >= 0.6 is 7.82 Å². The van der Waals surface area contributed by atoms with Gasteiger partial charge in [-0.3, -0.25) is 14.2 Å². The van der Waals surface area contributed by atoms with Crippen molar-refractivity contribution < 1.29 is 37.3 Å². The molecule has 0 fully saturated rings. The molecule has 73 heavy (non-hydrogen) atoms. The molecule has 1 amide bonds. The number of phosphoric ester groups is 1. The fourth-order valence-corrected chi connectivity index (χ4v) is 10.2. The maximum absolute atomic E-state index is 13.5. The minimum absolute atomic E-state index is 0.0189. The number of allylic oxidation sites excluding steroid dienone is 3. The maximum Gasteiger partial charge on any atom is 0.306 e. The molecule has 0 radical (unpaired) electrons. The largest absolute Gasteiger partial charge is 0.756 e. The lowest BCUT2D eigenvalue weighted by Gasteiger charge is -2.30. The number of ether oxygens (including phenoxy) is 1. The Morgan fingerprint density at radius 2 is 0.795 bits per heavy atom. The Balaban J connectivity index is 5.17. The number of hydrogen-bond donors (Lipinski definition) is 1. The minimum Gasteiger partial charge on any atom is -0.756 e. The standard InChI is InChI=1S/C63H123N2O7P/c1-7-10-13-16-19-22-25-27-29-31-32-34-36-38-41-44-47-50-53-56-63(67)72-61(54-51-48-45-42-39-24-21-18-15-12-9-3)60(59-71-73(68,69)70-58-57-65(4,5)6)64-62(66)55-52-49-46-43-40-37-35-33-30-28-26-23-20-17-14-11-8-2/h27,29,51,54,60-61H,7-26,28,30-50,52-53,55-59H2,1-6H3,(H-,64,66,68,69)/b29-27+,54-51+. The van der Waals surface area contributed by atoms with Crippen LogP contribution in [0.25, 0.3) is 0 Å². The van der Waals surface area contributed by atoms with Gasteiger partial charge in [-0.1, -0.05) is 270 Å². The molecule has 0 spiro atoms. The van der Waals surface area contributed by atoms with Crippen molar-refractivity contribution in [2.24, 2.45) is 0 Å². The Morgan fingerprint density at radius 1 is 0.466 bits per heavy atom. The number of hydrogen-bond acceptors (Lipinski definition) is 7. The van der Waals surface area contributed by atoms with Crippen LogP contribution < -0.4 is 10.2 Å². The monoisotopic (exact) mass is 1050 g/mol. The van der Waals surface area contributed by atoms with Crippen molar-refractivity contribution in [3.63, 3.8) is 0 Å². The van der Waals surface area contributed by atoms with Gasteiger partial charge in [0, 0.05) is 12.8 Å². The van der Waals surface area contributed by atoms with Gasteiger partial charge in [-0.2, -0.15) is 0 Å². The van der Waals surface area contributed by atoms with E-state index in [0.29, 0.717) is 17.4 Å². The first-order valence-corrected chi connectivity index (χ1v) is 33.1. The molecule has 0 bridgehead atoms. The summed E-state index contributed by atoms with van der Waals surface area (Å²) in [6, 6.07) is -0.882. The number of unbranched alkanes of at least 4 members (excludes halogenated alkanes) is 40. The lowest BCUT2D eigenvalue weighted by Crippen LogP contribution is -2.47. The van der Waals surface area contributed by atoms with Crippen LogP contribution in [0, 0.1) is 0 Å². The van der Waals surface area contributed by atoms with Gasteiger partial charge in [-0.15, -0.1) is 0 Å². The summed E-state index contributed by atoms with van der Waals surface area (Å²) in [5, 5.41) is 3.03. The topological polar surface area (TPSA) is 114 Å². The van der Waals surface area contributed by atoms with Gasteiger partial charge < -0.3 is 28.5 Å². The molecule has 0 aromatic heterocycles. The third-order valence-corrected chi connectivity index (χ3v) is 15.3. The van der Waals surface area contributed by atoms with Crippen molar-refractivity contribution in [3.05, 3.63) is 24.3 Å². The van der Waals surface area contributed by atoms with E-state index >= 15 is 0 Å². The van der Waals surface area contributed by atoms with Crippen LogP contribution in [0.15, 0.2) is 24.3 Å². The molecule has 1 N–H and O–H groups in total. The van der Waals surface area contributed by atoms with Gasteiger partial charge in [0.1, 0.15) is 19.3 Å².